The Morgan fingerprint density at radius 2 is 2.17 bits per heavy atom. The van der Waals surface area contributed by atoms with Crippen molar-refractivity contribution in [2.75, 3.05) is 0 Å². The third kappa shape index (κ3) is 1.91. The summed E-state index contributed by atoms with van der Waals surface area (Å²) in [4.78, 5) is 23.1. The van der Waals surface area contributed by atoms with E-state index in [1.54, 1.807) is 6.08 Å². The van der Waals surface area contributed by atoms with E-state index in [1.807, 2.05) is 6.92 Å². The number of aromatic hydroxyl groups is 1. The molecular formula is C12H13NO5. The maximum Gasteiger partial charge on any atom is 0.261 e. The van der Waals surface area contributed by atoms with Crippen molar-refractivity contribution in [3.05, 3.63) is 33.4 Å². The van der Waals surface area contributed by atoms with Crippen LogP contribution in [0.25, 0.3) is 6.08 Å². The van der Waals surface area contributed by atoms with Crippen LogP contribution >= 0.6 is 0 Å². The molecule has 3 N–H and O–H groups in total. The molecular weight excluding hydrogens is 238 g/mol. The second kappa shape index (κ2) is 4.66. The number of carbonyl (C=O) groups excluding carboxylic acids is 1. The van der Waals surface area contributed by atoms with E-state index in [9.17, 15) is 19.8 Å². The second-order valence-electron chi connectivity index (χ2n) is 3.95. The van der Waals surface area contributed by atoms with Gasteiger partial charge in [0.25, 0.3) is 5.91 Å². The lowest BCUT2D eigenvalue weighted by atomic mass is 10.2. The molecule has 1 aromatic heterocycles. The first-order chi connectivity index (χ1) is 8.56. The Kier molecular flexibility index (Phi) is 3.20. The molecule has 2 rings (SSSR count). The van der Waals surface area contributed by atoms with Crippen molar-refractivity contribution in [2.45, 2.75) is 26.0 Å². The smallest absolute Gasteiger partial charge is 0.261 e. The summed E-state index contributed by atoms with van der Waals surface area (Å²) >= 11 is 0. The van der Waals surface area contributed by atoms with Gasteiger partial charge in [0.15, 0.2) is 17.7 Å². The maximum absolute atomic E-state index is 11.8. The van der Waals surface area contributed by atoms with Crippen LogP contribution in [0.1, 0.15) is 47.9 Å². The monoisotopic (exact) mass is 251 g/mol. The molecule has 1 aliphatic heterocycles. The number of allylic oxidation sites excluding steroid dienone is 1. The fourth-order valence-electron chi connectivity index (χ4n) is 1.70. The van der Waals surface area contributed by atoms with Crippen LogP contribution in [0.2, 0.25) is 0 Å². The van der Waals surface area contributed by atoms with Crippen molar-refractivity contribution >= 4 is 12.0 Å². The summed E-state index contributed by atoms with van der Waals surface area (Å²) < 4.78 is 5.19. The summed E-state index contributed by atoms with van der Waals surface area (Å²) in [5.74, 6) is -1.57. The summed E-state index contributed by atoms with van der Waals surface area (Å²) in [7, 11) is 0. The van der Waals surface area contributed by atoms with E-state index in [2.05, 4.69) is 5.32 Å². The van der Waals surface area contributed by atoms with E-state index in [4.69, 9.17) is 4.42 Å². The molecule has 96 valence electrons. The molecule has 1 aromatic rings. The van der Waals surface area contributed by atoms with Gasteiger partial charge in [-0.15, -0.1) is 0 Å². The molecule has 2 heterocycles. The predicted molar refractivity (Wildman–Crippen MR) is 63.0 cm³/mol. The number of fused-ring (bicyclic) bond motifs is 1. The number of carbonyl (C=O) groups is 1. The number of unbranched alkanes of at least 4 members (excludes halogenated alkanes) is 1. The Morgan fingerprint density at radius 3 is 2.83 bits per heavy atom. The number of hydrogen-bond acceptors (Lipinski definition) is 5. The largest absolute Gasteiger partial charge is 0.502 e. The van der Waals surface area contributed by atoms with Crippen molar-refractivity contribution in [1.29, 1.82) is 0 Å². The van der Waals surface area contributed by atoms with E-state index in [0.29, 0.717) is 0 Å². The van der Waals surface area contributed by atoms with E-state index in [1.165, 1.54) is 6.08 Å². The quantitative estimate of drug-likeness (QED) is 0.740. The standard InChI is InChI=1S/C12H13NO5/c1-2-3-4-5-6-8(14)9(15)7-10(18-6)12(17)13-11(7)16/h4-5,12,14,17H,2-3H2,1H3,(H,13,16)/b5-4+/t12-/m1/s1. The molecule has 6 heteroatoms. The molecule has 0 saturated carbocycles. The van der Waals surface area contributed by atoms with E-state index in [0.717, 1.165) is 12.8 Å². The third-order valence-corrected chi connectivity index (χ3v) is 2.61. The van der Waals surface area contributed by atoms with Crippen LogP contribution in [-0.2, 0) is 0 Å². The zero-order chi connectivity index (χ0) is 13.3. The molecule has 0 unspecified atom stereocenters. The molecule has 0 spiro atoms. The first-order valence-electron chi connectivity index (χ1n) is 5.61. The molecule has 6 nitrogen and oxygen atoms in total. The molecule has 1 aliphatic rings. The van der Waals surface area contributed by atoms with Gasteiger partial charge in [0, 0.05) is 0 Å². The average Bonchev–Trinajstić information content (AvgIpc) is 2.61. The highest BCUT2D eigenvalue weighted by molar-refractivity contribution is 5.98. The Labute approximate surface area is 103 Å². The highest BCUT2D eigenvalue weighted by Gasteiger charge is 2.34. The summed E-state index contributed by atoms with van der Waals surface area (Å²) in [5.41, 5.74) is -1.17. The van der Waals surface area contributed by atoms with Crippen LogP contribution in [0.3, 0.4) is 0 Å². The minimum Gasteiger partial charge on any atom is -0.502 e. The van der Waals surface area contributed by atoms with Crippen LogP contribution in [0, 0.1) is 0 Å². The number of nitrogens with one attached hydrogen (secondary N) is 1. The molecule has 0 aromatic carbocycles. The lowest BCUT2D eigenvalue weighted by Gasteiger charge is -2.04. The number of rotatable bonds is 3. The van der Waals surface area contributed by atoms with Crippen LogP contribution in [0.15, 0.2) is 15.3 Å². The van der Waals surface area contributed by atoms with Gasteiger partial charge in [0.1, 0.15) is 5.56 Å². The zero-order valence-corrected chi connectivity index (χ0v) is 9.77. The fourth-order valence-corrected chi connectivity index (χ4v) is 1.70. The molecule has 1 atom stereocenters. The maximum atomic E-state index is 11.8. The third-order valence-electron chi connectivity index (χ3n) is 2.61. The zero-order valence-electron chi connectivity index (χ0n) is 9.77. The van der Waals surface area contributed by atoms with Gasteiger partial charge in [0.05, 0.1) is 0 Å². The molecule has 0 bridgehead atoms. The minimum absolute atomic E-state index is 0.0530. The Hall–Kier alpha value is -2.08. The Bertz CT molecular complexity index is 573. The second-order valence-corrected chi connectivity index (χ2v) is 3.95. The number of aliphatic hydroxyl groups excluding tert-OH is 1. The minimum atomic E-state index is -1.35. The van der Waals surface area contributed by atoms with Crippen molar-refractivity contribution in [3.8, 4) is 5.75 Å². The van der Waals surface area contributed by atoms with Crippen LogP contribution < -0.4 is 10.7 Å². The lowest BCUT2D eigenvalue weighted by Crippen LogP contribution is -2.21. The van der Waals surface area contributed by atoms with Crippen molar-refractivity contribution < 1.29 is 19.4 Å². The Balaban J connectivity index is 2.53. The van der Waals surface area contributed by atoms with Gasteiger partial charge >= 0.3 is 0 Å². The van der Waals surface area contributed by atoms with E-state index < -0.39 is 23.3 Å². The van der Waals surface area contributed by atoms with Gasteiger partial charge in [-0.25, -0.2) is 0 Å². The number of amides is 1. The topological polar surface area (TPSA) is 99.8 Å². The summed E-state index contributed by atoms with van der Waals surface area (Å²) in [5, 5.41) is 21.3. The molecule has 18 heavy (non-hydrogen) atoms. The van der Waals surface area contributed by atoms with Crippen molar-refractivity contribution in [1.82, 2.24) is 5.32 Å². The van der Waals surface area contributed by atoms with Gasteiger partial charge in [-0.3, -0.25) is 9.59 Å². The molecule has 0 fully saturated rings. The number of hydrogen-bond donors (Lipinski definition) is 3. The summed E-state index contributed by atoms with van der Waals surface area (Å²) in [6.07, 6.45) is 3.52. The van der Waals surface area contributed by atoms with Gasteiger partial charge in [-0.1, -0.05) is 19.4 Å². The lowest BCUT2D eigenvalue weighted by molar-refractivity contribution is 0.0820. The number of aliphatic hydroxyl groups is 1. The van der Waals surface area contributed by atoms with Gasteiger partial charge in [0.2, 0.25) is 11.2 Å². The van der Waals surface area contributed by atoms with Crippen LogP contribution in [0.5, 0.6) is 5.75 Å². The SMILES string of the molecule is CCC/C=C/c1oc2c(c(=O)c1O)C(=O)N[C@@H]2O. The van der Waals surface area contributed by atoms with E-state index >= 15 is 0 Å². The average molecular weight is 251 g/mol. The summed E-state index contributed by atoms with van der Waals surface area (Å²) in [6.45, 7) is 1.98. The van der Waals surface area contributed by atoms with Crippen molar-refractivity contribution in [3.63, 3.8) is 0 Å². The molecule has 0 aliphatic carbocycles. The van der Waals surface area contributed by atoms with Crippen LogP contribution in [0.4, 0.5) is 0 Å². The van der Waals surface area contributed by atoms with Gasteiger partial charge in [-0.05, 0) is 12.5 Å². The van der Waals surface area contributed by atoms with Crippen molar-refractivity contribution in [2.24, 2.45) is 0 Å². The first kappa shape index (κ1) is 12.4. The predicted octanol–water partition coefficient (Wildman–Crippen LogP) is 0.893. The highest BCUT2D eigenvalue weighted by Crippen LogP contribution is 2.26. The normalized spacial score (nSPS) is 18.1. The Morgan fingerprint density at radius 1 is 1.44 bits per heavy atom. The molecule has 1 amide bonds. The molecule has 0 saturated heterocycles. The van der Waals surface area contributed by atoms with Gasteiger partial charge < -0.3 is 19.9 Å². The fraction of sp³-hybridized carbons (Fsp3) is 0.333. The van der Waals surface area contributed by atoms with Crippen LogP contribution in [-0.4, -0.2) is 16.1 Å². The van der Waals surface area contributed by atoms with Gasteiger partial charge in [-0.2, -0.15) is 0 Å². The van der Waals surface area contributed by atoms with E-state index in [-0.39, 0.29) is 17.1 Å². The highest BCUT2D eigenvalue weighted by atomic mass is 16.4. The molecule has 0 radical (unpaired) electrons. The summed E-state index contributed by atoms with van der Waals surface area (Å²) in [6, 6.07) is 0. The first-order valence-corrected chi connectivity index (χ1v) is 5.61.